The second-order valence-electron chi connectivity index (χ2n) is 7.43. The fourth-order valence-corrected chi connectivity index (χ4v) is 4.82. The zero-order valence-electron chi connectivity index (χ0n) is 17.3. The van der Waals surface area contributed by atoms with E-state index >= 15 is 0 Å². The van der Waals surface area contributed by atoms with Crippen molar-refractivity contribution in [3.63, 3.8) is 0 Å². The molecule has 4 rings (SSSR count). The zero-order valence-corrected chi connectivity index (χ0v) is 18.1. The highest BCUT2D eigenvalue weighted by Gasteiger charge is 2.36. The van der Waals surface area contributed by atoms with Crippen molar-refractivity contribution in [1.29, 1.82) is 0 Å². The normalized spacial score (nSPS) is 16.3. The summed E-state index contributed by atoms with van der Waals surface area (Å²) in [6, 6.07) is 1.11. The Morgan fingerprint density at radius 2 is 1.59 bits per heavy atom. The molecule has 0 amide bonds. The van der Waals surface area contributed by atoms with E-state index in [1.165, 1.54) is 7.05 Å². The molecule has 0 atom stereocenters. The molecule has 1 aliphatic rings. The first-order valence-electron chi connectivity index (χ1n) is 9.70. The minimum absolute atomic E-state index is 0.0491. The third kappa shape index (κ3) is 4.72. The van der Waals surface area contributed by atoms with Crippen LogP contribution in [0, 0.1) is 0 Å². The molecule has 4 heterocycles. The van der Waals surface area contributed by atoms with Gasteiger partial charge in [0.15, 0.2) is 27.6 Å². The number of sulfone groups is 1. The van der Waals surface area contributed by atoms with Crippen LogP contribution in [0.25, 0.3) is 22.7 Å². The second kappa shape index (κ2) is 8.46. The van der Waals surface area contributed by atoms with Crippen molar-refractivity contribution in [1.82, 2.24) is 19.5 Å². The maximum Gasteiger partial charge on any atom is 0.417 e. The number of nitrogens with zero attached hydrogens (tertiary/aromatic N) is 4. The van der Waals surface area contributed by atoms with Gasteiger partial charge in [0.25, 0.3) is 0 Å². The van der Waals surface area contributed by atoms with E-state index in [0.717, 1.165) is 4.57 Å². The Balaban J connectivity index is 1.87. The van der Waals surface area contributed by atoms with E-state index < -0.39 is 55.9 Å². The Bertz CT molecular complexity index is 1330. The number of pyridine rings is 2. The van der Waals surface area contributed by atoms with Crippen molar-refractivity contribution < 1.29 is 44.2 Å². The van der Waals surface area contributed by atoms with Crippen LogP contribution in [0.1, 0.15) is 17.5 Å². The first kappa shape index (κ1) is 24.3. The fraction of sp³-hybridized carbons (Fsp3) is 0.421. The molecule has 0 spiro atoms. The molecule has 0 bridgehead atoms. The highest BCUT2D eigenvalue weighted by atomic mass is 32.2. The lowest BCUT2D eigenvalue weighted by Gasteiger charge is -2.23. The van der Waals surface area contributed by atoms with Crippen LogP contribution >= 0.6 is 0 Å². The summed E-state index contributed by atoms with van der Waals surface area (Å²) in [5.41, 5.74) is -3.18. The topological polar surface area (TPSA) is 96.2 Å². The molecule has 1 saturated heterocycles. The van der Waals surface area contributed by atoms with Gasteiger partial charge in [0.05, 0.1) is 29.2 Å². The van der Waals surface area contributed by atoms with Crippen molar-refractivity contribution >= 4 is 21.0 Å². The minimum atomic E-state index is -4.90. The van der Waals surface area contributed by atoms with Gasteiger partial charge in [-0.2, -0.15) is 26.3 Å². The van der Waals surface area contributed by atoms with Crippen LogP contribution in [0.4, 0.5) is 26.3 Å². The summed E-state index contributed by atoms with van der Waals surface area (Å²) in [4.78, 5) is 10.6. The number of fused-ring (bicyclic) bond motifs is 1. The van der Waals surface area contributed by atoms with Gasteiger partial charge in [0.2, 0.25) is 0 Å². The summed E-state index contributed by atoms with van der Waals surface area (Å²) in [6.45, 7) is 0.428. The van der Waals surface area contributed by atoms with E-state index in [-0.39, 0.29) is 30.2 Å². The van der Waals surface area contributed by atoms with E-state index in [9.17, 15) is 34.8 Å². The second-order valence-corrected chi connectivity index (χ2v) is 9.44. The highest BCUT2D eigenvalue weighted by Crippen LogP contribution is 2.36. The predicted molar refractivity (Wildman–Crippen MR) is 104 cm³/mol. The van der Waals surface area contributed by atoms with E-state index in [2.05, 4.69) is 15.0 Å². The molecule has 1 aliphatic heterocycles. The molecule has 34 heavy (non-hydrogen) atoms. The van der Waals surface area contributed by atoms with Crippen molar-refractivity contribution in [2.24, 2.45) is 7.05 Å². The Morgan fingerprint density at radius 1 is 1.00 bits per heavy atom. The standard InChI is InChI=1S/C19H16F6N4O4S/c1-29-16-12(5-10(8-27-16)18(20,21)22)28-17(29)15-13(6-11(7-26-15)19(23,24)25)34(30,31)9-14-32-3-2-4-33-14/h5-8,14H,2-4,9H2,1H3. The number of alkyl halides is 6. The number of aromatic nitrogens is 4. The molecule has 0 aliphatic carbocycles. The molecule has 184 valence electrons. The van der Waals surface area contributed by atoms with Crippen LogP contribution in [-0.4, -0.2) is 53.2 Å². The number of hydrogen-bond donors (Lipinski definition) is 0. The molecule has 3 aromatic heterocycles. The van der Waals surface area contributed by atoms with Crippen LogP contribution < -0.4 is 0 Å². The van der Waals surface area contributed by atoms with Crippen molar-refractivity contribution in [3.8, 4) is 11.5 Å². The fourth-order valence-electron chi connectivity index (χ4n) is 3.35. The number of hydrogen-bond acceptors (Lipinski definition) is 7. The number of imidazole rings is 1. The maximum absolute atomic E-state index is 13.3. The SMILES string of the molecule is Cn1c(-c2ncc(C(F)(F)F)cc2S(=O)(=O)CC2OCCCO2)nc2cc(C(F)(F)F)cnc21. The quantitative estimate of drug-likeness (QED) is 0.495. The molecule has 0 N–H and O–H groups in total. The lowest BCUT2D eigenvalue weighted by Crippen LogP contribution is -2.32. The van der Waals surface area contributed by atoms with Gasteiger partial charge in [-0.3, -0.25) is 4.98 Å². The van der Waals surface area contributed by atoms with Crippen molar-refractivity contribution in [2.45, 2.75) is 30.0 Å². The largest absolute Gasteiger partial charge is 0.417 e. The predicted octanol–water partition coefficient (Wildman–Crippen LogP) is 3.60. The number of ether oxygens (including phenoxy) is 2. The Kier molecular flexibility index (Phi) is 6.06. The summed E-state index contributed by atoms with van der Waals surface area (Å²) in [7, 11) is -3.15. The molecule has 0 aromatic carbocycles. The molecule has 15 heteroatoms. The lowest BCUT2D eigenvalue weighted by atomic mass is 10.2. The number of aryl methyl sites for hydroxylation is 1. The van der Waals surface area contributed by atoms with E-state index in [1.807, 2.05) is 0 Å². The van der Waals surface area contributed by atoms with Gasteiger partial charge in [-0.1, -0.05) is 0 Å². The van der Waals surface area contributed by atoms with Gasteiger partial charge in [-0.05, 0) is 18.6 Å². The summed E-state index contributed by atoms with van der Waals surface area (Å²) in [5.74, 6) is -1.07. The molecule has 1 fully saturated rings. The van der Waals surface area contributed by atoms with Crippen molar-refractivity contribution in [2.75, 3.05) is 19.0 Å². The van der Waals surface area contributed by atoms with Gasteiger partial charge < -0.3 is 14.0 Å². The van der Waals surface area contributed by atoms with E-state index in [1.54, 1.807) is 0 Å². The molecule has 3 aromatic rings. The summed E-state index contributed by atoms with van der Waals surface area (Å²) in [6.07, 6.45) is -9.28. The average Bonchev–Trinajstić information content (AvgIpc) is 3.08. The van der Waals surface area contributed by atoms with Gasteiger partial charge >= 0.3 is 12.4 Å². The van der Waals surface area contributed by atoms with Gasteiger partial charge in [0, 0.05) is 19.4 Å². The summed E-state index contributed by atoms with van der Waals surface area (Å²) >= 11 is 0. The molecule has 0 radical (unpaired) electrons. The lowest BCUT2D eigenvalue weighted by molar-refractivity contribution is -0.164. The van der Waals surface area contributed by atoms with E-state index in [4.69, 9.17) is 9.47 Å². The Labute approximate surface area is 188 Å². The molecular formula is C19H16F6N4O4S. The van der Waals surface area contributed by atoms with Gasteiger partial charge in [0.1, 0.15) is 17.0 Å². The maximum atomic E-state index is 13.3. The monoisotopic (exact) mass is 510 g/mol. The first-order chi connectivity index (χ1) is 15.8. The van der Waals surface area contributed by atoms with Crippen LogP contribution in [0.3, 0.4) is 0 Å². The number of rotatable bonds is 4. The molecular weight excluding hydrogens is 494 g/mol. The summed E-state index contributed by atoms with van der Waals surface area (Å²) < 4.78 is 117. The van der Waals surface area contributed by atoms with Crippen LogP contribution in [0.5, 0.6) is 0 Å². The van der Waals surface area contributed by atoms with Gasteiger partial charge in [-0.15, -0.1) is 0 Å². The molecule has 0 unspecified atom stereocenters. The summed E-state index contributed by atoms with van der Waals surface area (Å²) in [5, 5.41) is 0. The average molecular weight is 510 g/mol. The molecule has 8 nitrogen and oxygen atoms in total. The van der Waals surface area contributed by atoms with E-state index in [0.29, 0.717) is 30.9 Å². The zero-order chi connectivity index (χ0) is 24.9. The highest BCUT2D eigenvalue weighted by molar-refractivity contribution is 7.91. The minimum Gasteiger partial charge on any atom is -0.351 e. The Morgan fingerprint density at radius 3 is 2.21 bits per heavy atom. The van der Waals surface area contributed by atoms with Crippen LogP contribution in [0.2, 0.25) is 0 Å². The van der Waals surface area contributed by atoms with Crippen LogP contribution in [0.15, 0.2) is 29.4 Å². The molecule has 0 saturated carbocycles. The number of halogens is 6. The smallest absolute Gasteiger partial charge is 0.351 e. The first-order valence-corrected chi connectivity index (χ1v) is 11.4. The third-order valence-electron chi connectivity index (χ3n) is 5.01. The van der Waals surface area contributed by atoms with Crippen molar-refractivity contribution in [3.05, 3.63) is 35.7 Å². The van der Waals surface area contributed by atoms with Crippen LogP contribution in [-0.2, 0) is 38.7 Å². The Hall–Kier alpha value is -2.78. The third-order valence-corrected chi connectivity index (χ3v) is 6.71. The van der Waals surface area contributed by atoms with Gasteiger partial charge in [-0.25, -0.2) is 18.4 Å².